The van der Waals surface area contributed by atoms with E-state index in [4.69, 9.17) is 0 Å². The van der Waals surface area contributed by atoms with Gasteiger partial charge in [0.1, 0.15) is 0 Å². The molecule has 0 saturated heterocycles. The Morgan fingerprint density at radius 2 is 2.13 bits per heavy atom. The van der Waals surface area contributed by atoms with E-state index in [1.54, 1.807) is 18.3 Å². The molecule has 0 aliphatic carbocycles. The highest BCUT2D eigenvalue weighted by Crippen LogP contribution is 2.27. The van der Waals surface area contributed by atoms with Gasteiger partial charge in [-0.15, -0.1) is 0 Å². The highest BCUT2D eigenvalue weighted by atomic mass is 19.4. The summed E-state index contributed by atoms with van der Waals surface area (Å²) in [7, 11) is 0. The van der Waals surface area contributed by atoms with Gasteiger partial charge in [-0.05, 0) is 30.2 Å². The van der Waals surface area contributed by atoms with E-state index in [0.717, 1.165) is 13.0 Å². The van der Waals surface area contributed by atoms with Gasteiger partial charge in [-0.1, -0.05) is 12.6 Å². The molecule has 1 aromatic rings. The Balaban J connectivity index is 2.90. The van der Waals surface area contributed by atoms with Crippen LogP contribution in [-0.2, 0) is 0 Å². The summed E-state index contributed by atoms with van der Waals surface area (Å²) in [6.45, 7) is 4.58. The third-order valence-corrected chi connectivity index (χ3v) is 1.87. The smallest absolute Gasteiger partial charge is 0.264 e. The quantitative estimate of drug-likeness (QED) is 0.684. The van der Waals surface area contributed by atoms with Gasteiger partial charge in [-0.2, -0.15) is 13.2 Å². The summed E-state index contributed by atoms with van der Waals surface area (Å²) in [5, 5.41) is 0. The molecule has 80 valence electrons. The number of halogens is 3. The Labute approximate surface area is 86.0 Å². The van der Waals surface area contributed by atoms with Crippen molar-refractivity contribution < 1.29 is 13.2 Å². The van der Waals surface area contributed by atoms with Gasteiger partial charge >= 0.3 is 6.18 Å². The van der Waals surface area contributed by atoms with Crippen LogP contribution in [0.3, 0.4) is 0 Å². The standard InChI is InChI=1S/C11H10F3N/c1-8(6-9(2)11(12,13)14)10-4-3-5-15-7-10/h3-7H,1H2,2H3/b9-6+. The van der Waals surface area contributed by atoms with E-state index in [1.165, 1.54) is 6.20 Å². The molecule has 0 saturated carbocycles. The summed E-state index contributed by atoms with van der Waals surface area (Å²) >= 11 is 0. The van der Waals surface area contributed by atoms with Gasteiger partial charge in [-0.25, -0.2) is 0 Å². The van der Waals surface area contributed by atoms with Crippen LogP contribution >= 0.6 is 0 Å². The van der Waals surface area contributed by atoms with Crippen molar-refractivity contribution in [3.63, 3.8) is 0 Å². The first-order chi connectivity index (χ1) is 6.91. The van der Waals surface area contributed by atoms with Crippen molar-refractivity contribution >= 4 is 5.57 Å². The fourth-order valence-electron chi connectivity index (χ4n) is 0.979. The van der Waals surface area contributed by atoms with Crippen molar-refractivity contribution in [2.24, 2.45) is 0 Å². The van der Waals surface area contributed by atoms with Crippen LogP contribution < -0.4 is 0 Å². The summed E-state index contributed by atoms with van der Waals surface area (Å²) < 4.78 is 36.6. The maximum atomic E-state index is 12.2. The number of hydrogen-bond donors (Lipinski definition) is 0. The molecule has 0 N–H and O–H groups in total. The minimum atomic E-state index is -4.30. The van der Waals surface area contributed by atoms with Crippen molar-refractivity contribution in [3.8, 4) is 0 Å². The molecule has 0 aliphatic heterocycles. The Morgan fingerprint density at radius 1 is 1.47 bits per heavy atom. The van der Waals surface area contributed by atoms with E-state index in [9.17, 15) is 13.2 Å². The zero-order chi connectivity index (χ0) is 11.5. The van der Waals surface area contributed by atoms with Gasteiger partial charge < -0.3 is 0 Å². The molecule has 0 bridgehead atoms. The second-order valence-electron chi connectivity index (χ2n) is 3.09. The first-order valence-electron chi connectivity index (χ1n) is 4.26. The lowest BCUT2D eigenvalue weighted by Gasteiger charge is -2.07. The molecule has 0 aromatic carbocycles. The molecular weight excluding hydrogens is 203 g/mol. The molecule has 0 aliphatic rings. The fraction of sp³-hybridized carbons (Fsp3) is 0.182. The van der Waals surface area contributed by atoms with Gasteiger partial charge in [-0.3, -0.25) is 4.98 Å². The van der Waals surface area contributed by atoms with Crippen LogP contribution in [0.4, 0.5) is 13.2 Å². The summed E-state index contributed by atoms with van der Waals surface area (Å²) in [6, 6.07) is 3.31. The van der Waals surface area contributed by atoms with E-state index in [-0.39, 0.29) is 0 Å². The third kappa shape index (κ3) is 3.23. The summed E-state index contributed by atoms with van der Waals surface area (Å²) in [6.07, 6.45) is -0.262. The van der Waals surface area contributed by atoms with Crippen molar-refractivity contribution in [2.75, 3.05) is 0 Å². The van der Waals surface area contributed by atoms with Crippen molar-refractivity contribution in [1.29, 1.82) is 0 Å². The SMILES string of the molecule is C=C(/C=C(\C)C(F)(F)F)c1cccnc1. The van der Waals surface area contributed by atoms with E-state index in [1.807, 2.05) is 0 Å². The Hall–Kier alpha value is -1.58. The van der Waals surface area contributed by atoms with E-state index >= 15 is 0 Å². The number of aromatic nitrogens is 1. The Bertz CT molecular complexity index is 377. The molecule has 1 rings (SSSR count). The van der Waals surface area contributed by atoms with Crippen molar-refractivity contribution in [2.45, 2.75) is 13.1 Å². The first kappa shape index (κ1) is 11.5. The van der Waals surface area contributed by atoms with Crippen LogP contribution in [0.1, 0.15) is 12.5 Å². The normalized spacial score (nSPS) is 12.7. The second kappa shape index (κ2) is 4.29. The topological polar surface area (TPSA) is 12.9 Å². The number of hydrogen-bond acceptors (Lipinski definition) is 1. The summed E-state index contributed by atoms with van der Waals surface area (Å²) in [4.78, 5) is 3.80. The monoisotopic (exact) mass is 213 g/mol. The third-order valence-electron chi connectivity index (χ3n) is 1.87. The molecule has 0 spiro atoms. The fourth-order valence-corrected chi connectivity index (χ4v) is 0.979. The van der Waals surface area contributed by atoms with Crippen LogP contribution in [0.15, 0.2) is 42.8 Å². The number of pyridine rings is 1. The second-order valence-corrected chi connectivity index (χ2v) is 3.09. The van der Waals surface area contributed by atoms with E-state index in [2.05, 4.69) is 11.6 Å². The minimum Gasteiger partial charge on any atom is -0.264 e. The lowest BCUT2D eigenvalue weighted by atomic mass is 10.1. The predicted molar refractivity (Wildman–Crippen MR) is 53.1 cm³/mol. The van der Waals surface area contributed by atoms with Crippen LogP contribution in [0, 0.1) is 0 Å². The summed E-state index contributed by atoms with van der Waals surface area (Å²) in [5.41, 5.74) is 0.218. The predicted octanol–water partition coefficient (Wildman–Crippen LogP) is 3.60. The molecular formula is C11H10F3N. The van der Waals surface area contributed by atoms with E-state index < -0.39 is 11.7 Å². The molecule has 0 fully saturated rings. The van der Waals surface area contributed by atoms with Crippen molar-refractivity contribution in [3.05, 3.63) is 48.3 Å². The largest absolute Gasteiger partial charge is 0.412 e. The van der Waals surface area contributed by atoms with Gasteiger partial charge in [0.2, 0.25) is 0 Å². The molecule has 0 unspecified atom stereocenters. The molecule has 0 radical (unpaired) electrons. The zero-order valence-corrected chi connectivity index (χ0v) is 8.17. The minimum absolute atomic E-state index is 0.304. The molecule has 1 aromatic heterocycles. The van der Waals surface area contributed by atoms with Crippen molar-refractivity contribution in [1.82, 2.24) is 4.98 Å². The number of nitrogens with zero attached hydrogens (tertiary/aromatic N) is 1. The zero-order valence-electron chi connectivity index (χ0n) is 8.17. The summed E-state index contributed by atoms with van der Waals surface area (Å²) in [5.74, 6) is 0. The van der Waals surface area contributed by atoms with Crippen LogP contribution in [0.5, 0.6) is 0 Å². The lowest BCUT2D eigenvalue weighted by Crippen LogP contribution is -2.08. The molecule has 0 amide bonds. The van der Waals surface area contributed by atoms with Crippen LogP contribution in [0.2, 0.25) is 0 Å². The average Bonchev–Trinajstić information content (AvgIpc) is 2.17. The maximum Gasteiger partial charge on any atom is 0.412 e. The Kier molecular flexibility index (Phi) is 3.29. The molecule has 1 heterocycles. The van der Waals surface area contributed by atoms with Crippen LogP contribution in [-0.4, -0.2) is 11.2 Å². The van der Waals surface area contributed by atoms with E-state index in [0.29, 0.717) is 11.1 Å². The molecule has 0 atom stereocenters. The van der Waals surface area contributed by atoms with Gasteiger partial charge in [0, 0.05) is 18.0 Å². The van der Waals surface area contributed by atoms with Crippen LogP contribution in [0.25, 0.3) is 5.57 Å². The Morgan fingerprint density at radius 3 is 2.60 bits per heavy atom. The number of allylic oxidation sites excluding steroid dienone is 3. The molecule has 1 nitrogen and oxygen atoms in total. The number of rotatable bonds is 2. The average molecular weight is 213 g/mol. The van der Waals surface area contributed by atoms with Gasteiger partial charge in [0.25, 0.3) is 0 Å². The first-order valence-corrected chi connectivity index (χ1v) is 4.26. The molecule has 4 heteroatoms. The highest BCUT2D eigenvalue weighted by molar-refractivity contribution is 5.72. The maximum absolute atomic E-state index is 12.2. The number of alkyl halides is 3. The van der Waals surface area contributed by atoms with Gasteiger partial charge in [0.15, 0.2) is 0 Å². The molecule has 15 heavy (non-hydrogen) atoms. The van der Waals surface area contributed by atoms with Gasteiger partial charge in [0.05, 0.1) is 0 Å². The highest BCUT2D eigenvalue weighted by Gasteiger charge is 2.29. The lowest BCUT2D eigenvalue weighted by molar-refractivity contribution is -0.0912.